The predicted octanol–water partition coefficient (Wildman–Crippen LogP) is 5.26. The number of hydrogen-bond donors (Lipinski definition) is 0. The molecule has 1 heterocycles. The number of benzene rings is 5. The minimum atomic E-state index is -0.885. The van der Waals surface area contributed by atoms with Gasteiger partial charge in [0.05, 0.1) is 5.69 Å². The second-order valence-corrected chi connectivity index (χ2v) is 10.2. The van der Waals surface area contributed by atoms with Crippen molar-refractivity contribution < 1.29 is 23.6 Å². The smallest absolute Gasteiger partial charge is 0.301 e. The molecule has 0 saturated carbocycles. The zero-order chi connectivity index (χ0) is 32.0. The van der Waals surface area contributed by atoms with Crippen molar-refractivity contribution in [2.24, 2.45) is 0 Å². The molecule has 7 nitrogen and oxygen atoms in total. The van der Waals surface area contributed by atoms with Crippen molar-refractivity contribution in [3.8, 4) is 5.69 Å². The first-order valence-corrected chi connectivity index (χ1v) is 14.4. The molecule has 0 radical (unpaired) electrons. The molecule has 6 aromatic rings. The van der Waals surface area contributed by atoms with Crippen molar-refractivity contribution in [3.63, 3.8) is 0 Å². The highest BCUT2D eigenvalue weighted by molar-refractivity contribution is 6.50. The van der Waals surface area contributed by atoms with Crippen molar-refractivity contribution in [1.82, 2.24) is 4.57 Å². The molecule has 46 heavy (non-hydrogen) atoms. The number of Topliss-reactive ketones (excluding diaryl/α,β-unsaturated/α-hetero) is 4. The SMILES string of the molecule is O=C(C(C(=O)c1ccccc1)=c1oc(=C(C(=O)c2ccccc2)C(=O)c2ccccc2)n(-c2ccccc2)c1=O)c1ccccc1. The van der Waals surface area contributed by atoms with E-state index < -0.39 is 50.8 Å². The first-order chi connectivity index (χ1) is 22.5. The minimum absolute atomic E-state index is 0.148. The van der Waals surface area contributed by atoms with Crippen LogP contribution in [-0.2, 0) is 0 Å². The van der Waals surface area contributed by atoms with Gasteiger partial charge in [-0.2, -0.15) is 0 Å². The number of aromatic nitrogens is 1. The summed E-state index contributed by atoms with van der Waals surface area (Å²) >= 11 is 0. The van der Waals surface area contributed by atoms with Crippen LogP contribution in [0.4, 0.5) is 0 Å². The van der Waals surface area contributed by atoms with Crippen LogP contribution in [-0.4, -0.2) is 27.7 Å². The average molecular weight is 604 g/mol. The number of carbonyl (C=O) groups is 4. The Labute approximate surface area is 263 Å². The Morgan fingerprint density at radius 2 is 0.717 bits per heavy atom. The molecule has 222 valence electrons. The third-order valence-electron chi connectivity index (χ3n) is 7.31. The number of rotatable bonds is 9. The maximum atomic E-state index is 14.4. The molecule has 7 heteroatoms. The summed E-state index contributed by atoms with van der Waals surface area (Å²) in [5, 5.41) is 0. The number of nitrogens with zero attached hydrogens (tertiary/aromatic N) is 1. The second-order valence-electron chi connectivity index (χ2n) is 10.2. The second kappa shape index (κ2) is 13.0. The average Bonchev–Trinajstić information content (AvgIpc) is 3.45. The molecular formula is C39H25NO6. The first-order valence-electron chi connectivity index (χ1n) is 14.4. The van der Waals surface area contributed by atoms with Gasteiger partial charge in [0, 0.05) is 22.3 Å². The van der Waals surface area contributed by atoms with E-state index in [-0.39, 0.29) is 27.9 Å². The van der Waals surface area contributed by atoms with E-state index in [1.54, 1.807) is 127 Å². The van der Waals surface area contributed by atoms with Crippen LogP contribution in [0.25, 0.3) is 16.8 Å². The van der Waals surface area contributed by atoms with Crippen LogP contribution >= 0.6 is 0 Å². The third kappa shape index (κ3) is 5.73. The summed E-state index contributed by atoms with van der Waals surface area (Å²) in [6.45, 7) is 0. The first kappa shape index (κ1) is 29.6. The van der Waals surface area contributed by atoms with Crippen LogP contribution < -0.4 is 16.5 Å². The van der Waals surface area contributed by atoms with Crippen molar-refractivity contribution in [2.45, 2.75) is 0 Å². The molecule has 0 spiro atoms. The maximum absolute atomic E-state index is 14.4. The lowest BCUT2D eigenvalue weighted by molar-refractivity contribution is 0.0981. The van der Waals surface area contributed by atoms with Gasteiger partial charge in [0.2, 0.25) is 34.1 Å². The molecule has 0 unspecified atom stereocenters. The molecule has 0 fully saturated rings. The highest BCUT2D eigenvalue weighted by atomic mass is 16.4. The van der Waals surface area contributed by atoms with Crippen LogP contribution in [0, 0.1) is 0 Å². The van der Waals surface area contributed by atoms with Crippen LogP contribution in [0.3, 0.4) is 0 Å². The van der Waals surface area contributed by atoms with Gasteiger partial charge in [-0.05, 0) is 12.1 Å². The van der Waals surface area contributed by atoms with Gasteiger partial charge in [0.1, 0.15) is 11.1 Å². The lowest BCUT2D eigenvalue weighted by Crippen LogP contribution is -2.35. The van der Waals surface area contributed by atoms with E-state index in [9.17, 15) is 24.0 Å². The van der Waals surface area contributed by atoms with Crippen molar-refractivity contribution >= 4 is 34.3 Å². The van der Waals surface area contributed by atoms with Gasteiger partial charge >= 0.3 is 5.56 Å². The molecule has 5 aromatic carbocycles. The third-order valence-corrected chi connectivity index (χ3v) is 7.31. The maximum Gasteiger partial charge on any atom is 0.301 e. The monoisotopic (exact) mass is 603 g/mol. The predicted molar refractivity (Wildman–Crippen MR) is 173 cm³/mol. The largest absolute Gasteiger partial charge is 0.433 e. The zero-order valence-corrected chi connectivity index (χ0v) is 24.3. The van der Waals surface area contributed by atoms with Gasteiger partial charge in [-0.15, -0.1) is 0 Å². The summed E-state index contributed by atoms with van der Waals surface area (Å²) in [5.41, 5.74) is -1.95. The summed E-state index contributed by atoms with van der Waals surface area (Å²) in [5.74, 6) is -2.91. The van der Waals surface area contributed by atoms with Gasteiger partial charge in [0.15, 0.2) is 0 Å². The fourth-order valence-corrected chi connectivity index (χ4v) is 5.05. The van der Waals surface area contributed by atoms with Crippen molar-refractivity contribution in [2.75, 3.05) is 0 Å². The summed E-state index contributed by atoms with van der Waals surface area (Å²) < 4.78 is 7.25. The quantitative estimate of drug-likeness (QED) is 0.165. The van der Waals surface area contributed by atoms with Gasteiger partial charge in [-0.25, -0.2) is 4.57 Å². The van der Waals surface area contributed by atoms with E-state index in [2.05, 4.69) is 0 Å². The summed E-state index contributed by atoms with van der Waals surface area (Å²) in [4.78, 5) is 70.9. The Morgan fingerprint density at radius 3 is 1.07 bits per heavy atom. The summed E-state index contributed by atoms with van der Waals surface area (Å²) in [6, 6.07) is 40.6. The van der Waals surface area contributed by atoms with E-state index >= 15 is 0 Å². The highest BCUT2D eigenvalue weighted by Crippen LogP contribution is 2.17. The Bertz CT molecular complexity index is 2150. The topological polar surface area (TPSA) is 103 Å². The molecule has 6 rings (SSSR count). The normalized spacial score (nSPS) is 10.6. The lowest BCUT2D eigenvalue weighted by atomic mass is 9.96. The molecule has 0 amide bonds. The van der Waals surface area contributed by atoms with E-state index in [0.29, 0.717) is 0 Å². The van der Waals surface area contributed by atoms with Crippen LogP contribution in [0.1, 0.15) is 41.4 Å². The van der Waals surface area contributed by atoms with Gasteiger partial charge in [0.25, 0.3) is 0 Å². The molecule has 0 N–H and O–H groups in total. The highest BCUT2D eigenvalue weighted by Gasteiger charge is 2.30. The van der Waals surface area contributed by atoms with E-state index in [0.717, 1.165) is 4.57 Å². The summed E-state index contributed by atoms with van der Waals surface area (Å²) in [6.07, 6.45) is 0. The van der Waals surface area contributed by atoms with Crippen LogP contribution in [0.5, 0.6) is 0 Å². The molecule has 0 bridgehead atoms. The number of carbonyl (C=O) groups excluding carboxylic acids is 4. The number of para-hydroxylation sites is 1. The van der Waals surface area contributed by atoms with E-state index in [1.807, 2.05) is 0 Å². The standard InChI is InChI=1S/C39H25NO6/c41-33(26-16-6-1-7-17-26)31(34(42)27-18-8-2-9-19-27)37-38(45)40(30-24-14-5-15-25-30)39(46-37)32(35(43)28-20-10-3-11-21-28)36(44)29-22-12-4-13-23-29/h1-25H. The Morgan fingerprint density at radius 1 is 0.413 bits per heavy atom. The zero-order valence-electron chi connectivity index (χ0n) is 24.3. The summed E-state index contributed by atoms with van der Waals surface area (Å²) in [7, 11) is 0. The van der Waals surface area contributed by atoms with E-state index in [4.69, 9.17) is 4.42 Å². The fourth-order valence-electron chi connectivity index (χ4n) is 5.05. The molecular weight excluding hydrogens is 578 g/mol. The lowest BCUT2D eigenvalue weighted by Gasteiger charge is -2.07. The number of hydrogen-bond acceptors (Lipinski definition) is 6. The molecule has 0 atom stereocenters. The van der Waals surface area contributed by atoms with E-state index in [1.165, 1.54) is 24.3 Å². The Kier molecular flexibility index (Phi) is 8.38. The van der Waals surface area contributed by atoms with Gasteiger partial charge in [-0.3, -0.25) is 24.0 Å². The van der Waals surface area contributed by atoms with Gasteiger partial charge in [-0.1, -0.05) is 140 Å². The van der Waals surface area contributed by atoms with Crippen LogP contribution in [0.15, 0.2) is 161 Å². The van der Waals surface area contributed by atoms with Gasteiger partial charge < -0.3 is 4.42 Å². The molecule has 0 aliphatic carbocycles. The van der Waals surface area contributed by atoms with Crippen molar-refractivity contribution in [1.29, 1.82) is 0 Å². The minimum Gasteiger partial charge on any atom is -0.433 e. The molecule has 0 saturated heterocycles. The molecule has 0 aliphatic rings. The Hall–Kier alpha value is -6.47. The molecule has 1 aromatic heterocycles. The van der Waals surface area contributed by atoms with Crippen molar-refractivity contribution in [3.05, 3.63) is 195 Å². The Balaban J connectivity index is 1.80. The molecule has 0 aliphatic heterocycles. The number of oxazole rings is 1. The van der Waals surface area contributed by atoms with Crippen LogP contribution in [0.2, 0.25) is 0 Å². The number of ketones is 4. The fraction of sp³-hybridized carbons (Fsp3) is 0.